The summed E-state index contributed by atoms with van der Waals surface area (Å²) < 4.78 is 13.3. The highest BCUT2D eigenvalue weighted by Crippen LogP contribution is 2.26. The number of aromatic carboxylic acids is 1. The van der Waals surface area contributed by atoms with E-state index >= 15 is 0 Å². The number of nitrogens with zero attached hydrogens (tertiary/aromatic N) is 6. The number of fused-ring (bicyclic) bond motifs is 1. The minimum absolute atomic E-state index is 0.0111. The third-order valence-electron chi connectivity index (χ3n) is 4.55. The Bertz CT molecular complexity index is 1210. The predicted octanol–water partition coefficient (Wildman–Crippen LogP) is 3.80. The second-order valence-electron chi connectivity index (χ2n) is 8.24. The molecule has 0 aromatic carbocycles. The van der Waals surface area contributed by atoms with Gasteiger partial charge in [0.15, 0.2) is 17.2 Å². The number of carbonyl (C=O) groups is 1. The van der Waals surface area contributed by atoms with E-state index in [-0.39, 0.29) is 5.69 Å². The molecule has 0 fully saturated rings. The molecule has 4 rings (SSSR count). The maximum absolute atomic E-state index is 11.0. The fourth-order valence-corrected chi connectivity index (χ4v) is 4.27. The zero-order valence-corrected chi connectivity index (χ0v) is 19.3. The van der Waals surface area contributed by atoms with Crippen molar-refractivity contribution in [2.45, 2.75) is 32.4 Å². The van der Waals surface area contributed by atoms with Crippen LogP contribution in [-0.2, 0) is 11.5 Å². The van der Waals surface area contributed by atoms with Crippen LogP contribution in [0.15, 0.2) is 37.1 Å². The van der Waals surface area contributed by atoms with Gasteiger partial charge in [0, 0.05) is 44.9 Å². The largest absolute Gasteiger partial charge is 0.476 e. The van der Waals surface area contributed by atoms with Crippen molar-refractivity contribution in [1.82, 2.24) is 28.5 Å². The van der Waals surface area contributed by atoms with Gasteiger partial charge in [-0.1, -0.05) is 19.6 Å². The van der Waals surface area contributed by atoms with E-state index in [2.05, 4.69) is 44.4 Å². The molecule has 0 amide bonds. The van der Waals surface area contributed by atoms with Gasteiger partial charge in [-0.25, -0.2) is 19.4 Å². The van der Waals surface area contributed by atoms with Crippen LogP contribution in [-0.4, -0.2) is 54.3 Å². The fourth-order valence-electron chi connectivity index (χ4n) is 2.88. The molecule has 0 saturated heterocycles. The van der Waals surface area contributed by atoms with Gasteiger partial charge in [0.1, 0.15) is 11.7 Å². The minimum Gasteiger partial charge on any atom is -0.476 e. The Kier molecular flexibility index (Phi) is 5.85. The van der Waals surface area contributed by atoms with Gasteiger partial charge in [0.2, 0.25) is 0 Å². The summed E-state index contributed by atoms with van der Waals surface area (Å²) in [5, 5.41) is 17.1. The van der Waals surface area contributed by atoms with Gasteiger partial charge >= 0.3 is 5.97 Å². The summed E-state index contributed by atoms with van der Waals surface area (Å²) in [5.74, 6) is -0.559. The van der Waals surface area contributed by atoms with Gasteiger partial charge in [-0.2, -0.15) is 9.47 Å². The Morgan fingerprint density at radius 2 is 2.13 bits per heavy atom. The summed E-state index contributed by atoms with van der Waals surface area (Å²) in [6, 6.07) is 2.58. The number of ether oxygens (including phenoxy) is 1. The average Bonchev–Trinajstić information content (AvgIpc) is 3.44. The maximum Gasteiger partial charge on any atom is 0.355 e. The molecule has 4 aromatic rings. The highest BCUT2D eigenvalue weighted by atomic mass is 32.1. The van der Waals surface area contributed by atoms with E-state index in [1.54, 1.807) is 23.3 Å². The third-order valence-corrected chi connectivity index (χ3v) is 6.96. The number of carboxylic acids is 1. The van der Waals surface area contributed by atoms with Crippen LogP contribution in [0.5, 0.6) is 0 Å². The summed E-state index contributed by atoms with van der Waals surface area (Å²) in [4.78, 5) is 19.9. The summed E-state index contributed by atoms with van der Waals surface area (Å²) in [6.45, 7) is 8.12. The Morgan fingerprint density at radius 1 is 1.29 bits per heavy atom. The first-order chi connectivity index (χ1) is 14.8. The number of nitrogens with one attached hydrogen (secondary N) is 1. The maximum atomic E-state index is 11.0. The quantitative estimate of drug-likeness (QED) is 0.288. The van der Waals surface area contributed by atoms with Crippen molar-refractivity contribution in [3.8, 4) is 11.3 Å². The lowest BCUT2D eigenvalue weighted by Crippen LogP contribution is -2.22. The topological polar surface area (TPSA) is 119 Å². The summed E-state index contributed by atoms with van der Waals surface area (Å²) in [6.07, 6.45) is 8.93. The lowest BCUT2D eigenvalue weighted by molar-refractivity contribution is 0.0692. The number of hydrogen-bond acceptors (Lipinski definition) is 8. The molecule has 31 heavy (non-hydrogen) atoms. The van der Waals surface area contributed by atoms with Crippen LogP contribution in [0.1, 0.15) is 10.5 Å². The Balaban J connectivity index is 1.50. The number of rotatable bonds is 9. The monoisotopic (exact) mass is 457 g/mol. The Morgan fingerprint density at radius 3 is 2.87 bits per heavy atom. The number of aromatic nitrogens is 6. The van der Waals surface area contributed by atoms with Crippen molar-refractivity contribution in [1.29, 1.82) is 0 Å². The average molecular weight is 458 g/mol. The number of hydrogen-bond donors (Lipinski definition) is 2. The van der Waals surface area contributed by atoms with Crippen molar-refractivity contribution in [2.75, 3.05) is 11.9 Å². The van der Waals surface area contributed by atoms with Crippen LogP contribution in [0.3, 0.4) is 0 Å². The highest BCUT2D eigenvalue weighted by Gasteiger charge is 2.15. The molecule has 0 atom stereocenters. The molecule has 0 unspecified atom stereocenters. The van der Waals surface area contributed by atoms with Gasteiger partial charge in [-0.15, -0.1) is 0 Å². The molecular formula is C19H23N7O3SSi. The van der Waals surface area contributed by atoms with Crippen molar-refractivity contribution in [2.24, 2.45) is 0 Å². The van der Waals surface area contributed by atoms with Gasteiger partial charge in [0.25, 0.3) is 0 Å². The molecule has 0 aliphatic carbocycles. The minimum atomic E-state index is -1.11. The van der Waals surface area contributed by atoms with Crippen molar-refractivity contribution in [3.05, 3.63) is 42.7 Å². The lowest BCUT2D eigenvalue weighted by Gasteiger charge is -2.15. The Hall–Kier alpha value is -3.09. The van der Waals surface area contributed by atoms with Gasteiger partial charge in [-0.05, 0) is 17.6 Å². The van der Waals surface area contributed by atoms with E-state index in [1.807, 2.05) is 16.8 Å². The lowest BCUT2D eigenvalue weighted by atomic mass is 10.3. The molecule has 12 heteroatoms. The van der Waals surface area contributed by atoms with Crippen LogP contribution in [0.25, 0.3) is 16.9 Å². The molecule has 0 saturated carbocycles. The molecular weight excluding hydrogens is 434 g/mol. The molecule has 4 heterocycles. The van der Waals surface area contributed by atoms with Gasteiger partial charge in [0.05, 0.1) is 18.1 Å². The van der Waals surface area contributed by atoms with Crippen LogP contribution in [0.4, 0.5) is 10.8 Å². The number of imidazole rings is 1. The first kappa shape index (κ1) is 21.2. The molecule has 162 valence electrons. The SMILES string of the molecule is C[Si](C)(C)CCOCn1cc(-c2cnc3c(Nc4cc(C(=O)O)ns4)nccn23)cn1. The zero-order chi connectivity index (χ0) is 22.0. The molecule has 4 aromatic heterocycles. The summed E-state index contributed by atoms with van der Waals surface area (Å²) >= 11 is 1.05. The molecule has 2 N–H and O–H groups in total. The summed E-state index contributed by atoms with van der Waals surface area (Å²) in [5.41, 5.74) is 2.37. The molecule has 0 radical (unpaired) electrons. The van der Waals surface area contributed by atoms with E-state index in [0.29, 0.717) is 23.2 Å². The second-order valence-corrected chi connectivity index (χ2v) is 14.7. The number of anilines is 2. The smallest absolute Gasteiger partial charge is 0.355 e. The molecule has 0 aliphatic heterocycles. The van der Waals surface area contributed by atoms with E-state index in [9.17, 15) is 4.79 Å². The van der Waals surface area contributed by atoms with E-state index in [4.69, 9.17) is 9.84 Å². The number of carboxylic acid groups (broad SMARTS) is 1. The third kappa shape index (κ3) is 4.98. The van der Waals surface area contributed by atoms with Gasteiger partial charge in [-0.3, -0.25) is 4.40 Å². The zero-order valence-electron chi connectivity index (χ0n) is 17.4. The van der Waals surface area contributed by atoms with Crippen molar-refractivity contribution < 1.29 is 14.6 Å². The van der Waals surface area contributed by atoms with Crippen LogP contribution in [0, 0.1) is 0 Å². The van der Waals surface area contributed by atoms with Crippen LogP contribution < -0.4 is 5.32 Å². The molecule has 0 bridgehead atoms. The molecule has 0 spiro atoms. The van der Waals surface area contributed by atoms with E-state index < -0.39 is 14.0 Å². The predicted molar refractivity (Wildman–Crippen MR) is 121 cm³/mol. The molecule has 0 aliphatic rings. The van der Waals surface area contributed by atoms with Crippen molar-refractivity contribution >= 4 is 42.0 Å². The summed E-state index contributed by atoms with van der Waals surface area (Å²) in [7, 11) is -1.11. The molecule has 10 nitrogen and oxygen atoms in total. The van der Waals surface area contributed by atoms with Crippen LogP contribution in [0.2, 0.25) is 25.7 Å². The highest BCUT2D eigenvalue weighted by molar-refractivity contribution is 7.10. The fraction of sp³-hybridized carbons (Fsp3) is 0.316. The Labute approximate surface area is 183 Å². The van der Waals surface area contributed by atoms with Crippen LogP contribution >= 0.6 is 11.5 Å². The van der Waals surface area contributed by atoms with E-state index in [0.717, 1.165) is 35.4 Å². The normalized spacial score (nSPS) is 11.8. The first-order valence-electron chi connectivity index (χ1n) is 9.70. The first-order valence-corrected chi connectivity index (χ1v) is 14.2. The van der Waals surface area contributed by atoms with Crippen molar-refractivity contribution in [3.63, 3.8) is 0 Å². The van der Waals surface area contributed by atoms with E-state index in [1.165, 1.54) is 6.07 Å². The second kappa shape index (κ2) is 8.57. The standard InChI is InChI=1S/C19H23N7O3SSi/c1-31(2,3)7-6-29-12-25-11-13(9-22-25)15-10-21-18-17(20-4-5-26(15)18)23-16-8-14(19(27)28)24-30-16/h4-5,8-11H,6-7,12H2,1-3H3,(H,20,23)(H,27,28). The van der Waals surface area contributed by atoms with Gasteiger partial charge < -0.3 is 15.2 Å².